The Morgan fingerprint density at radius 3 is 2.27 bits per heavy atom. The summed E-state index contributed by atoms with van der Waals surface area (Å²) in [6.07, 6.45) is 11.1. The van der Waals surface area contributed by atoms with Gasteiger partial charge in [0.1, 0.15) is 11.1 Å². The summed E-state index contributed by atoms with van der Waals surface area (Å²) >= 11 is 0. The molecule has 1 saturated heterocycles. The molecule has 6 heteroatoms. The number of pyridine rings is 1. The molecule has 5 nitrogen and oxygen atoms in total. The standard InChI is InChI=1S/C16H25N3O2S/c20-22(21,19-11-5-6-12-19)15-9-10-16(17-13-15)18-14-7-3-1-2-4-8-14/h9-10,13-14H,1-8,11-12H2,(H,17,18)/p+1. The summed E-state index contributed by atoms with van der Waals surface area (Å²) in [4.78, 5) is 3.48. The van der Waals surface area contributed by atoms with E-state index in [1.807, 2.05) is 6.07 Å². The molecule has 0 bridgehead atoms. The second kappa shape index (κ2) is 6.96. The second-order valence-electron chi connectivity index (χ2n) is 6.38. The zero-order valence-electron chi connectivity index (χ0n) is 13.1. The molecule has 1 aliphatic carbocycles. The fourth-order valence-electron chi connectivity index (χ4n) is 3.38. The molecule has 1 saturated carbocycles. The fraction of sp³-hybridized carbons (Fsp3) is 0.688. The van der Waals surface area contributed by atoms with Crippen LogP contribution >= 0.6 is 0 Å². The minimum absolute atomic E-state index is 0.362. The Bertz CT molecular complexity index is 572. The zero-order chi connectivity index (χ0) is 15.4. The van der Waals surface area contributed by atoms with E-state index in [2.05, 4.69) is 10.3 Å². The van der Waals surface area contributed by atoms with Gasteiger partial charge in [-0.15, -0.1) is 0 Å². The average Bonchev–Trinajstić information content (AvgIpc) is 2.95. The molecule has 0 aromatic carbocycles. The highest BCUT2D eigenvalue weighted by Crippen LogP contribution is 2.22. The van der Waals surface area contributed by atoms with Gasteiger partial charge in [0, 0.05) is 19.2 Å². The third-order valence-electron chi connectivity index (χ3n) is 4.70. The van der Waals surface area contributed by atoms with E-state index < -0.39 is 10.0 Å². The van der Waals surface area contributed by atoms with Gasteiger partial charge in [-0.25, -0.2) is 13.4 Å². The number of nitrogens with one attached hydrogen (secondary N) is 2. The van der Waals surface area contributed by atoms with E-state index in [0.717, 1.165) is 18.7 Å². The van der Waals surface area contributed by atoms with E-state index in [0.29, 0.717) is 24.0 Å². The molecule has 1 aromatic heterocycles. The van der Waals surface area contributed by atoms with Gasteiger partial charge >= 0.3 is 0 Å². The highest BCUT2D eigenvalue weighted by atomic mass is 32.2. The number of aromatic amines is 1. The third kappa shape index (κ3) is 3.60. The van der Waals surface area contributed by atoms with Gasteiger partial charge in [0.25, 0.3) is 5.82 Å². The molecule has 1 aliphatic heterocycles. The smallest absolute Gasteiger partial charge is 0.272 e. The molecule has 2 N–H and O–H groups in total. The van der Waals surface area contributed by atoms with Crippen LogP contribution in [-0.4, -0.2) is 31.9 Å². The lowest BCUT2D eigenvalue weighted by Crippen LogP contribution is -2.29. The minimum atomic E-state index is -3.32. The van der Waals surface area contributed by atoms with Gasteiger partial charge in [-0.05, 0) is 44.6 Å². The average molecular weight is 324 g/mol. The van der Waals surface area contributed by atoms with Crippen LogP contribution in [0.5, 0.6) is 0 Å². The first-order valence-electron chi connectivity index (χ1n) is 8.45. The highest BCUT2D eigenvalue weighted by Gasteiger charge is 2.28. The molecular formula is C16H26N3O2S+. The molecule has 122 valence electrons. The van der Waals surface area contributed by atoms with Crippen LogP contribution in [0.25, 0.3) is 0 Å². The van der Waals surface area contributed by atoms with E-state index in [-0.39, 0.29) is 0 Å². The molecule has 0 spiro atoms. The van der Waals surface area contributed by atoms with E-state index in [9.17, 15) is 8.42 Å². The molecule has 0 amide bonds. The molecule has 0 atom stereocenters. The van der Waals surface area contributed by atoms with Gasteiger partial charge in [-0.3, -0.25) is 5.32 Å². The van der Waals surface area contributed by atoms with Crippen molar-refractivity contribution in [3.05, 3.63) is 18.3 Å². The number of nitrogens with zero attached hydrogens (tertiary/aromatic N) is 1. The van der Waals surface area contributed by atoms with Gasteiger partial charge in [0.2, 0.25) is 10.0 Å². The maximum Gasteiger partial charge on any atom is 0.272 e. The molecule has 2 heterocycles. The van der Waals surface area contributed by atoms with Crippen LogP contribution in [0.2, 0.25) is 0 Å². The maximum atomic E-state index is 12.5. The normalized spacial score (nSPS) is 21.6. The maximum absolute atomic E-state index is 12.5. The highest BCUT2D eigenvalue weighted by molar-refractivity contribution is 7.89. The van der Waals surface area contributed by atoms with Crippen molar-refractivity contribution < 1.29 is 13.4 Å². The summed E-state index contributed by atoms with van der Waals surface area (Å²) in [5.41, 5.74) is 0. The lowest BCUT2D eigenvalue weighted by atomic mass is 10.1. The Balaban J connectivity index is 1.67. The Labute approximate surface area is 133 Å². The van der Waals surface area contributed by atoms with E-state index >= 15 is 0 Å². The monoisotopic (exact) mass is 324 g/mol. The summed E-state index contributed by atoms with van der Waals surface area (Å²) in [6.45, 7) is 1.29. The van der Waals surface area contributed by atoms with E-state index in [1.54, 1.807) is 16.6 Å². The van der Waals surface area contributed by atoms with Crippen molar-refractivity contribution in [2.45, 2.75) is 62.3 Å². The molecule has 2 aliphatic rings. The third-order valence-corrected chi connectivity index (χ3v) is 6.60. The van der Waals surface area contributed by atoms with Crippen LogP contribution in [-0.2, 0) is 10.0 Å². The minimum Gasteiger partial charge on any atom is -0.272 e. The summed E-state index contributed by atoms with van der Waals surface area (Å²) in [7, 11) is -3.32. The Morgan fingerprint density at radius 2 is 1.68 bits per heavy atom. The topological polar surface area (TPSA) is 63.6 Å². The largest absolute Gasteiger partial charge is 0.272 e. The van der Waals surface area contributed by atoms with Crippen molar-refractivity contribution in [3.8, 4) is 0 Å². The number of aromatic nitrogens is 1. The van der Waals surface area contributed by atoms with Crippen molar-refractivity contribution in [1.82, 2.24) is 4.31 Å². The van der Waals surface area contributed by atoms with Crippen LogP contribution < -0.4 is 10.3 Å². The van der Waals surface area contributed by atoms with Crippen LogP contribution in [0, 0.1) is 0 Å². The molecule has 0 unspecified atom stereocenters. The quantitative estimate of drug-likeness (QED) is 0.865. The number of hydrogen-bond donors (Lipinski definition) is 1. The number of hydrogen-bond acceptors (Lipinski definition) is 3. The Morgan fingerprint density at radius 1 is 1.00 bits per heavy atom. The van der Waals surface area contributed by atoms with Crippen LogP contribution in [0.3, 0.4) is 0 Å². The lowest BCUT2D eigenvalue weighted by Gasteiger charge is -2.15. The van der Waals surface area contributed by atoms with Gasteiger partial charge in [-0.1, -0.05) is 12.8 Å². The fourth-order valence-corrected chi connectivity index (χ4v) is 4.87. The van der Waals surface area contributed by atoms with E-state index in [1.165, 1.54) is 38.5 Å². The number of anilines is 1. The van der Waals surface area contributed by atoms with Crippen LogP contribution in [0.4, 0.5) is 5.82 Å². The molecule has 0 radical (unpaired) electrons. The molecule has 3 rings (SSSR count). The number of H-pyrrole nitrogens is 1. The molecule has 22 heavy (non-hydrogen) atoms. The van der Waals surface area contributed by atoms with Crippen LogP contribution in [0.1, 0.15) is 51.4 Å². The van der Waals surface area contributed by atoms with Crippen molar-refractivity contribution >= 4 is 15.8 Å². The number of rotatable bonds is 4. The van der Waals surface area contributed by atoms with Gasteiger partial charge < -0.3 is 0 Å². The first kappa shape index (κ1) is 15.7. The zero-order valence-corrected chi connectivity index (χ0v) is 13.9. The van der Waals surface area contributed by atoms with Gasteiger partial charge in [0.05, 0.1) is 6.04 Å². The second-order valence-corrected chi connectivity index (χ2v) is 8.32. The molecule has 1 aromatic rings. The predicted octanol–water partition coefficient (Wildman–Crippen LogP) is 2.42. The molecular weight excluding hydrogens is 298 g/mol. The number of sulfonamides is 1. The van der Waals surface area contributed by atoms with Crippen molar-refractivity contribution in [2.75, 3.05) is 18.4 Å². The SMILES string of the molecule is O=S(=O)(c1ccc(NC2CCCCCC2)[nH+]c1)N1CCCC1. The predicted molar refractivity (Wildman–Crippen MR) is 86.1 cm³/mol. The van der Waals surface area contributed by atoms with Crippen molar-refractivity contribution in [1.29, 1.82) is 0 Å². The molecule has 2 fully saturated rings. The van der Waals surface area contributed by atoms with Crippen molar-refractivity contribution in [2.24, 2.45) is 0 Å². The first-order valence-corrected chi connectivity index (χ1v) is 9.89. The van der Waals surface area contributed by atoms with Gasteiger partial charge in [0.15, 0.2) is 0 Å². The van der Waals surface area contributed by atoms with E-state index in [4.69, 9.17) is 0 Å². The summed E-state index contributed by atoms with van der Waals surface area (Å²) < 4.78 is 26.5. The first-order chi connectivity index (χ1) is 10.7. The Hall–Kier alpha value is -1.14. The summed E-state index contributed by atoms with van der Waals surface area (Å²) in [6, 6.07) is 4.07. The van der Waals surface area contributed by atoms with Crippen LogP contribution in [0.15, 0.2) is 23.2 Å². The van der Waals surface area contributed by atoms with Crippen molar-refractivity contribution in [3.63, 3.8) is 0 Å². The summed E-state index contributed by atoms with van der Waals surface area (Å²) in [5, 5.41) is 3.51. The Kier molecular flexibility index (Phi) is 4.98. The lowest BCUT2D eigenvalue weighted by molar-refractivity contribution is -0.364. The summed E-state index contributed by atoms with van der Waals surface area (Å²) in [5.74, 6) is 0.910. The van der Waals surface area contributed by atoms with Gasteiger partial charge in [-0.2, -0.15) is 4.31 Å².